The molecule has 1 atom stereocenters. The Balaban J connectivity index is -0.000000341. The third-order valence-electron chi connectivity index (χ3n) is 17.5. The molecule has 0 aliphatic heterocycles. The lowest BCUT2D eigenvalue weighted by atomic mass is 9.69. The summed E-state index contributed by atoms with van der Waals surface area (Å²) in [6, 6.07) is 3.84. The molecule has 2 amide bonds. The molecule has 1 unspecified atom stereocenters. The molecule has 588 valence electrons. The normalized spacial score (nSPS) is 12.3. The van der Waals surface area contributed by atoms with E-state index in [0.29, 0.717) is 95.6 Å². The van der Waals surface area contributed by atoms with Crippen LogP contribution in [0.5, 0.6) is 0 Å². The number of carbonyl (C=O) groups excluding carboxylic acids is 2. The van der Waals surface area contributed by atoms with Gasteiger partial charge in [0.1, 0.15) is 0 Å². The average Bonchev–Trinajstić information content (AvgIpc) is 1.64. The van der Waals surface area contributed by atoms with Crippen molar-refractivity contribution in [2.45, 2.75) is 421 Å². The first-order valence-corrected chi connectivity index (χ1v) is 40.1. The molecule has 15 heteroatoms. The summed E-state index contributed by atoms with van der Waals surface area (Å²) in [7, 11) is 0. The number of hydrogen-bond acceptors (Lipinski definition) is 10. The van der Waals surface area contributed by atoms with Crippen LogP contribution >= 0.6 is 0 Å². The van der Waals surface area contributed by atoms with E-state index in [9.17, 15) is 9.59 Å². The van der Waals surface area contributed by atoms with Crippen molar-refractivity contribution in [1.82, 2.24) is 65.4 Å². The zero-order chi connectivity index (χ0) is 78.7. The number of rotatable bonds is 32. The van der Waals surface area contributed by atoms with Crippen molar-refractivity contribution in [3.05, 3.63) is 35.7 Å². The van der Waals surface area contributed by atoms with Gasteiger partial charge in [-0.15, -0.1) is 15.3 Å². The Morgan fingerprint density at radius 2 is 0.768 bits per heavy atom. The van der Waals surface area contributed by atoms with Crippen LogP contribution in [-0.4, -0.2) is 114 Å². The maximum absolute atomic E-state index is 11.7. The molecule has 0 saturated carbocycles. The van der Waals surface area contributed by atoms with Gasteiger partial charge in [-0.2, -0.15) is 0 Å². The number of hydrogen-bond donors (Lipinski definition) is 2. The van der Waals surface area contributed by atoms with E-state index in [1.165, 1.54) is 38.5 Å². The molecule has 3 aromatic heterocycles. The topological polar surface area (TPSA) is 157 Å². The first kappa shape index (κ1) is 104. The van der Waals surface area contributed by atoms with Gasteiger partial charge in [0.2, 0.25) is 11.8 Å². The van der Waals surface area contributed by atoms with Gasteiger partial charge in [-0.25, -0.2) is 4.68 Å². The Bertz CT molecular complexity index is 2140. The summed E-state index contributed by atoms with van der Waals surface area (Å²) in [5, 5.41) is 31.1. The molecule has 15 nitrogen and oxygen atoms in total. The summed E-state index contributed by atoms with van der Waals surface area (Å²) < 4.78 is 5.73. The molecule has 3 rings (SSSR count). The Labute approximate surface area is 617 Å². The lowest BCUT2D eigenvalue weighted by Crippen LogP contribution is -2.59. The Kier molecular flexibility index (Phi) is 58.5. The molecular weight excluding hydrogens is 1220 g/mol. The maximum atomic E-state index is 11.7. The molecule has 0 radical (unpaired) electrons. The van der Waals surface area contributed by atoms with Crippen LogP contribution in [0, 0.1) is 76.9 Å². The quantitative estimate of drug-likeness (QED) is 0.0617. The summed E-state index contributed by atoms with van der Waals surface area (Å²) >= 11 is 0. The fourth-order valence-corrected chi connectivity index (χ4v) is 12.2. The summed E-state index contributed by atoms with van der Waals surface area (Å²) in [4.78, 5) is 27.4. The SMILES string of the molecule is CC(C)C(=O)N(C(C)C)C(C)C.CC(C)CCC(CCC(C)C)CCC(C)C.CC(C)Cc1cn(C(C)C)nn1.CC(C)Cn1cc(C(C)C)nn1.CC(C)Cn1cc(C(C)C)nn1.CC(C)N(C(C)C)C(C)C.CC(C)NC(=O)C(C)C(C)C.CC(C)NC(C(C)C)(C(C)C)C(C)C. The van der Waals surface area contributed by atoms with E-state index in [2.05, 4.69) is 310 Å². The minimum absolute atomic E-state index is 0.106. The monoisotopic (exact) mass is 1400 g/mol. The number of nitrogens with zero attached hydrogens (tertiary/aromatic N) is 11. The smallest absolute Gasteiger partial charge is 0.225 e. The highest BCUT2D eigenvalue weighted by molar-refractivity contribution is 5.79. The van der Waals surface area contributed by atoms with Crippen molar-refractivity contribution >= 4 is 11.8 Å². The summed E-state index contributed by atoms with van der Waals surface area (Å²) in [6.07, 6.45) is 15.7. The van der Waals surface area contributed by atoms with Gasteiger partial charge in [-0.1, -0.05) is 255 Å². The molecule has 0 aliphatic rings. The van der Waals surface area contributed by atoms with Gasteiger partial charge in [-0.05, 0) is 180 Å². The Morgan fingerprint density at radius 1 is 0.414 bits per heavy atom. The van der Waals surface area contributed by atoms with Crippen molar-refractivity contribution in [1.29, 1.82) is 0 Å². The van der Waals surface area contributed by atoms with Crippen molar-refractivity contribution < 1.29 is 9.59 Å². The average molecular weight is 1400 g/mol. The molecule has 0 spiro atoms. The van der Waals surface area contributed by atoms with E-state index in [1.807, 2.05) is 72.2 Å². The highest BCUT2D eigenvalue weighted by atomic mass is 16.2. The van der Waals surface area contributed by atoms with Gasteiger partial charge < -0.3 is 15.5 Å². The van der Waals surface area contributed by atoms with Crippen molar-refractivity contribution in [2.24, 2.45) is 76.9 Å². The van der Waals surface area contributed by atoms with Crippen LogP contribution in [0.4, 0.5) is 0 Å². The molecule has 0 aliphatic carbocycles. The van der Waals surface area contributed by atoms with Gasteiger partial charge in [0.05, 0.1) is 17.1 Å². The summed E-state index contributed by atoms with van der Waals surface area (Å²) in [5.74, 6) is 9.57. The summed E-state index contributed by atoms with van der Waals surface area (Å²) in [5.41, 5.74) is 3.53. The molecule has 3 aromatic rings. The van der Waals surface area contributed by atoms with Gasteiger partial charge in [0, 0.05) is 97.4 Å². The predicted octanol–water partition coefficient (Wildman–Crippen LogP) is 22.4. The minimum Gasteiger partial charge on any atom is -0.354 e. The van der Waals surface area contributed by atoms with E-state index in [4.69, 9.17) is 0 Å². The van der Waals surface area contributed by atoms with Gasteiger partial charge in [0.25, 0.3) is 0 Å². The second-order valence-electron chi connectivity index (χ2n) is 35.7. The molecular formula is C84H175N13O2. The van der Waals surface area contributed by atoms with Crippen molar-refractivity contribution in [2.75, 3.05) is 0 Å². The number of nitrogens with one attached hydrogen (secondary N) is 2. The van der Waals surface area contributed by atoms with Crippen LogP contribution in [0.15, 0.2) is 18.6 Å². The maximum Gasteiger partial charge on any atom is 0.225 e. The lowest BCUT2D eigenvalue weighted by Gasteiger charge is -2.47. The number of aromatic nitrogens is 9. The van der Waals surface area contributed by atoms with Crippen molar-refractivity contribution in [3.63, 3.8) is 0 Å². The molecule has 99 heavy (non-hydrogen) atoms. The van der Waals surface area contributed by atoms with E-state index >= 15 is 0 Å². The van der Waals surface area contributed by atoms with Crippen LogP contribution in [0.3, 0.4) is 0 Å². The van der Waals surface area contributed by atoms with Crippen LogP contribution in [0.2, 0.25) is 0 Å². The zero-order valence-electron chi connectivity index (χ0n) is 74.1. The van der Waals surface area contributed by atoms with Crippen LogP contribution in [0.25, 0.3) is 0 Å². The van der Waals surface area contributed by atoms with Gasteiger partial charge in [-0.3, -0.25) is 23.9 Å². The molecule has 0 aromatic carbocycles. The third kappa shape index (κ3) is 51.2. The Hall–Kier alpha value is -3.72. The van der Waals surface area contributed by atoms with Gasteiger partial charge in [0.15, 0.2) is 0 Å². The van der Waals surface area contributed by atoms with E-state index in [1.54, 1.807) is 0 Å². The second kappa shape index (κ2) is 55.8. The highest BCUT2D eigenvalue weighted by Gasteiger charge is 2.40. The first-order valence-electron chi connectivity index (χ1n) is 40.1. The zero-order valence-corrected chi connectivity index (χ0v) is 74.1. The fraction of sp³-hybridized carbons (Fsp3) is 0.905. The molecule has 2 N–H and O–H groups in total. The fourth-order valence-electron chi connectivity index (χ4n) is 12.2. The molecule has 0 saturated heterocycles. The lowest BCUT2D eigenvalue weighted by molar-refractivity contribution is -0.138. The van der Waals surface area contributed by atoms with Gasteiger partial charge >= 0.3 is 0 Å². The summed E-state index contributed by atoms with van der Waals surface area (Å²) in [6.45, 7) is 95.9. The highest BCUT2D eigenvalue weighted by Crippen LogP contribution is 2.34. The minimum atomic E-state index is 0.106. The van der Waals surface area contributed by atoms with E-state index < -0.39 is 0 Å². The Morgan fingerprint density at radius 3 is 0.949 bits per heavy atom. The van der Waals surface area contributed by atoms with Crippen LogP contribution < -0.4 is 10.6 Å². The second-order valence-corrected chi connectivity index (χ2v) is 35.7. The molecule has 0 fully saturated rings. The third-order valence-corrected chi connectivity index (χ3v) is 17.5. The standard InChI is InChI=1S/C16H34.C13H29N.C10H21NO.3C9H17N3.C9H19NO.C9H21N/c1-13(2)7-10-16(11-8-14(3)4)12-9-15(5)6;1-9(2)13(10(3)4,11(5)6)14-12(7)8;1-7(2)10(12)11(8(3)4)9(5)6;2*1-7(2)5-12-6-9(8(3)4)10-11-12;1-7(2)5-9-6-12(8(3)4)11-10-9;1-6(2)8(5)9(11)10-7(3)4;1-7(2)10(8(3)4)9(5)6/h13-16H,7-12H2,1-6H3;9-12,14H,1-8H3;7-9H,1-6H3;3*6-8H,5H2,1-4H3;6-8H,1-5H3,(H,10,11);7-9H,1-6H3. The largest absolute Gasteiger partial charge is 0.354 e. The van der Waals surface area contributed by atoms with E-state index in [0.717, 1.165) is 60.3 Å². The number of amides is 2. The van der Waals surface area contributed by atoms with Crippen molar-refractivity contribution in [3.8, 4) is 0 Å². The first-order chi connectivity index (χ1) is 45.2. The molecule has 0 bridgehead atoms. The van der Waals surface area contributed by atoms with E-state index in [-0.39, 0.29) is 35.2 Å². The molecule has 3 heterocycles. The van der Waals surface area contributed by atoms with Crippen LogP contribution in [0.1, 0.15) is 371 Å². The van der Waals surface area contributed by atoms with Crippen LogP contribution in [-0.2, 0) is 29.1 Å². The predicted molar refractivity (Wildman–Crippen MR) is 435 cm³/mol. The number of carbonyl (C=O) groups is 2.